The van der Waals surface area contributed by atoms with Gasteiger partial charge in [-0.3, -0.25) is 14.5 Å². The molecule has 1 aromatic heterocycles. The molecule has 0 unspecified atom stereocenters. The monoisotopic (exact) mass is 452 g/mol. The minimum atomic E-state index is -0.197. The lowest BCUT2D eigenvalue weighted by molar-refractivity contribution is -0.120. The van der Waals surface area contributed by atoms with Gasteiger partial charge in [-0.25, -0.2) is 4.98 Å². The van der Waals surface area contributed by atoms with Gasteiger partial charge in [-0.2, -0.15) is 0 Å². The van der Waals surface area contributed by atoms with Gasteiger partial charge in [0, 0.05) is 16.8 Å². The Morgan fingerprint density at radius 2 is 1.88 bits per heavy atom. The molecule has 1 heterocycles. The Kier molecular flexibility index (Phi) is 7.22. The first kappa shape index (κ1) is 22.5. The molecule has 1 aliphatic rings. The zero-order valence-corrected chi connectivity index (χ0v) is 19.1. The summed E-state index contributed by atoms with van der Waals surface area (Å²) in [6, 6.07) is 15.2. The fraction of sp³-hybridized carbons (Fsp3) is 0.400. The summed E-state index contributed by atoms with van der Waals surface area (Å²) in [5, 5.41) is 1.04. The molecule has 0 radical (unpaired) electrons. The third-order valence-corrected chi connectivity index (χ3v) is 6.38. The van der Waals surface area contributed by atoms with E-state index < -0.39 is 0 Å². The molecule has 0 spiro atoms. The van der Waals surface area contributed by atoms with E-state index in [9.17, 15) is 9.59 Å². The van der Waals surface area contributed by atoms with E-state index >= 15 is 0 Å². The first-order valence-electron chi connectivity index (χ1n) is 11.3. The molecule has 1 aliphatic carbocycles. The maximum atomic E-state index is 13.5. The molecular formula is C25H29ClN4O2. The molecule has 7 heteroatoms. The molecule has 1 fully saturated rings. The number of anilines is 1. The molecule has 6 nitrogen and oxygen atoms in total. The number of halogens is 1. The summed E-state index contributed by atoms with van der Waals surface area (Å²) in [6.07, 6.45) is 5.62. The number of likely N-dealkylation sites (N-methyl/N-ethyl adjacent to an activating group) is 1. The Labute approximate surface area is 193 Å². The Hall–Kier alpha value is -2.70. The van der Waals surface area contributed by atoms with Gasteiger partial charge >= 0.3 is 0 Å². The zero-order chi connectivity index (χ0) is 22.5. The molecule has 1 amide bonds. The van der Waals surface area contributed by atoms with Crippen LogP contribution in [0, 0.1) is 0 Å². The minimum Gasteiger partial charge on any atom is -0.309 e. The molecule has 168 valence electrons. The third kappa shape index (κ3) is 5.19. The number of carbonyl (C=O) groups excluding carboxylic acids is 1. The summed E-state index contributed by atoms with van der Waals surface area (Å²) in [6.45, 7) is 3.32. The van der Waals surface area contributed by atoms with Gasteiger partial charge in [0.25, 0.3) is 5.56 Å². The predicted octanol–water partition coefficient (Wildman–Crippen LogP) is 4.76. The fourth-order valence-electron chi connectivity index (χ4n) is 4.48. The molecular weight excluding hydrogens is 424 g/mol. The number of carbonyl (C=O) groups is 1. The van der Waals surface area contributed by atoms with E-state index in [1.54, 1.807) is 18.2 Å². The number of benzene rings is 2. The van der Waals surface area contributed by atoms with Gasteiger partial charge in [0.1, 0.15) is 5.82 Å². The van der Waals surface area contributed by atoms with Crippen molar-refractivity contribution in [3.05, 3.63) is 69.7 Å². The number of nitrogens with zero attached hydrogens (tertiary/aromatic N) is 3. The minimum absolute atomic E-state index is 0.0798. The molecule has 0 bridgehead atoms. The van der Waals surface area contributed by atoms with Crippen molar-refractivity contribution in [2.24, 2.45) is 0 Å². The lowest BCUT2D eigenvalue weighted by atomic mass is 9.93. The van der Waals surface area contributed by atoms with Crippen LogP contribution in [0.5, 0.6) is 0 Å². The molecule has 0 aliphatic heterocycles. The predicted molar refractivity (Wildman–Crippen MR) is 129 cm³/mol. The summed E-state index contributed by atoms with van der Waals surface area (Å²) >= 11 is 6.08. The van der Waals surface area contributed by atoms with E-state index in [0.717, 1.165) is 31.4 Å². The van der Waals surface area contributed by atoms with Gasteiger partial charge in [0.05, 0.1) is 24.0 Å². The maximum absolute atomic E-state index is 13.5. The van der Waals surface area contributed by atoms with Crippen LogP contribution in [0.2, 0.25) is 5.02 Å². The summed E-state index contributed by atoms with van der Waals surface area (Å²) < 4.78 is 0. The van der Waals surface area contributed by atoms with Crippen LogP contribution >= 0.6 is 11.6 Å². The second kappa shape index (κ2) is 10.3. The van der Waals surface area contributed by atoms with Crippen LogP contribution in [-0.2, 0) is 11.3 Å². The highest BCUT2D eigenvalue weighted by Gasteiger charge is 2.28. The van der Waals surface area contributed by atoms with Gasteiger partial charge in [-0.15, -0.1) is 0 Å². The topological polar surface area (TPSA) is 69.3 Å². The Morgan fingerprint density at radius 1 is 1.12 bits per heavy atom. The maximum Gasteiger partial charge on any atom is 0.258 e. The van der Waals surface area contributed by atoms with Crippen LogP contribution in [0.1, 0.15) is 44.9 Å². The fourth-order valence-corrected chi connectivity index (χ4v) is 4.65. The number of H-pyrrole nitrogens is 1. The smallest absolute Gasteiger partial charge is 0.258 e. The normalized spacial score (nSPS) is 14.7. The Morgan fingerprint density at radius 3 is 2.59 bits per heavy atom. The van der Waals surface area contributed by atoms with Gasteiger partial charge in [-0.1, -0.05) is 56.0 Å². The summed E-state index contributed by atoms with van der Waals surface area (Å²) in [5.41, 5.74) is 1.32. The van der Waals surface area contributed by atoms with Gasteiger partial charge in [0.2, 0.25) is 5.91 Å². The van der Waals surface area contributed by atoms with Gasteiger partial charge in [0.15, 0.2) is 0 Å². The van der Waals surface area contributed by atoms with Crippen molar-refractivity contribution >= 4 is 34.1 Å². The van der Waals surface area contributed by atoms with Crippen molar-refractivity contribution in [1.82, 2.24) is 14.9 Å². The number of aromatic amines is 1. The zero-order valence-electron chi connectivity index (χ0n) is 18.4. The van der Waals surface area contributed by atoms with Crippen LogP contribution < -0.4 is 10.5 Å². The van der Waals surface area contributed by atoms with Crippen molar-refractivity contribution in [2.45, 2.75) is 51.6 Å². The molecule has 1 saturated carbocycles. The number of nitrogens with one attached hydrogen (secondary N) is 1. The van der Waals surface area contributed by atoms with Crippen LogP contribution in [0.4, 0.5) is 5.69 Å². The number of fused-ring (bicyclic) bond motifs is 1. The van der Waals surface area contributed by atoms with Crippen molar-refractivity contribution in [2.75, 3.05) is 18.0 Å². The average Bonchev–Trinajstić information content (AvgIpc) is 2.80. The van der Waals surface area contributed by atoms with Gasteiger partial charge in [-0.05, 0) is 49.7 Å². The number of para-hydroxylation sites is 1. The van der Waals surface area contributed by atoms with Crippen LogP contribution in [0.25, 0.3) is 10.9 Å². The van der Waals surface area contributed by atoms with E-state index in [-0.39, 0.29) is 24.1 Å². The van der Waals surface area contributed by atoms with E-state index in [4.69, 9.17) is 11.6 Å². The first-order valence-corrected chi connectivity index (χ1v) is 11.7. The Bertz CT molecular complexity index is 1130. The highest BCUT2D eigenvalue weighted by molar-refractivity contribution is 6.31. The number of hydrogen-bond acceptors (Lipinski definition) is 4. The number of aromatic nitrogens is 2. The lowest BCUT2D eigenvalue weighted by Crippen LogP contribution is -2.46. The summed E-state index contributed by atoms with van der Waals surface area (Å²) in [5.74, 6) is 0.611. The molecule has 4 rings (SSSR count). The second-order valence-corrected chi connectivity index (χ2v) is 8.80. The largest absolute Gasteiger partial charge is 0.309 e. The lowest BCUT2D eigenvalue weighted by Gasteiger charge is -2.35. The van der Waals surface area contributed by atoms with E-state index in [1.807, 2.05) is 47.1 Å². The summed E-state index contributed by atoms with van der Waals surface area (Å²) in [7, 11) is 0. The molecule has 2 aromatic carbocycles. The molecule has 32 heavy (non-hydrogen) atoms. The van der Waals surface area contributed by atoms with Gasteiger partial charge < -0.3 is 9.88 Å². The van der Waals surface area contributed by atoms with Crippen molar-refractivity contribution < 1.29 is 4.79 Å². The van der Waals surface area contributed by atoms with Crippen LogP contribution in [-0.4, -0.2) is 39.9 Å². The van der Waals surface area contributed by atoms with Crippen molar-refractivity contribution in [3.8, 4) is 0 Å². The molecule has 0 saturated heterocycles. The average molecular weight is 453 g/mol. The second-order valence-electron chi connectivity index (χ2n) is 8.37. The SMILES string of the molecule is CCN(CC(=O)N(c1ccccc1)C1CCCCC1)Cc1nc2cc(Cl)ccc2c(=O)[nH]1. The third-order valence-electron chi connectivity index (χ3n) is 6.14. The van der Waals surface area contributed by atoms with Crippen molar-refractivity contribution in [3.63, 3.8) is 0 Å². The number of amides is 1. The van der Waals surface area contributed by atoms with E-state index in [0.29, 0.717) is 34.8 Å². The highest BCUT2D eigenvalue weighted by Crippen LogP contribution is 2.27. The molecule has 0 atom stereocenters. The molecule has 3 aromatic rings. The standard InChI is InChI=1S/C25H29ClN4O2/c1-2-29(16-23-27-22-15-18(26)13-14-21(22)25(32)28-23)17-24(31)30(19-9-5-3-6-10-19)20-11-7-4-8-12-20/h3,5-6,9-10,13-15,20H,2,4,7-8,11-12,16-17H2,1H3,(H,27,28,32). The molecule has 1 N–H and O–H groups in total. The number of rotatable bonds is 7. The van der Waals surface area contributed by atoms with E-state index in [2.05, 4.69) is 9.97 Å². The highest BCUT2D eigenvalue weighted by atomic mass is 35.5. The van der Waals surface area contributed by atoms with Crippen LogP contribution in [0.15, 0.2) is 53.3 Å². The van der Waals surface area contributed by atoms with E-state index in [1.165, 1.54) is 6.42 Å². The summed E-state index contributed by atoms with van der Waals surface area (Å²) in [4.78, 5) is 37.4. The van der Waals surface area contributed by atoms with Crippen molar-refractivity contribution in [1.29, 1.82) is 0 Å². The van der Waals surface area contributed by atoms with Crippen LogP contribution in [0.3, 0.4) is 0 Å². The number of hydrogen-bond donors (Lipinski definition) is 1. The quantitative estimate of drug-likeness (QED) is 0.560. The Balaban J connectivity index is 1.54. The first-order chi connectivity index (χ1) is 15.5.